The van der Waals surface area contributed by atoms with Crippen LogP contribution in [0.25, 0.3) is 0 Å². The predicted molar refractivity (Wildman–Crippen MR) is 106 cm³/mol. The first-order chi connectivity index (χ1) is 14.3. The zero-order valence-electron chi connectivity index (χ0n) is 16.4. The van der Waals surface area contributed by atoms with Crippen molar-refractivity contribution in [1.29, 1.82) is 0 Å². The third-order valence-corrected chi connectivity index (χ3v) is 7.45. The monoisotopic (exact) mass is 435 g/mol. The molecule has 1 aromatic heterocycles. The first-order valence-electron chi connectivity index (χ1n) is 9.62. The summed E-state index contributed by atoms with van der Waals surface area (Å²) in [6, 6.07) is 8.46. The van der Waals surface area contributed by atoms with E-state index in [0.717, 1.165) is 18.2 Å². The molecule has 1 aromatic carbocycles. The van der Waals surface area contributed by atoms with Gasteiger partial charge in [0, 0.05) is 44.4 Å². The Morgan fingerprint density at radius 1 is 1.23 bits per heavy atom. The van der Waals surface area contributed by atoms with E-state index in [1.165, 1.54) is 29.6 Å². The number of ether oxygens (including phenoxy) is 1. The standard InChI is InChI=1S/C20H22FN3O5S/c1-22-19(25)12-29-18-6-5-15(8-16(18)21)30(27,28)23-9-13-7-14(11-23)17-3-2-4-20(26)24(17)10-13/h2-6,8,13-14H,7,9-12H2,1H3,(H,22,25). The molecule has 1 saturated heterocycles. The molecule has 1 fully saturated rings. The molecule has 2 aliphatic rings. The Labute approximate surface area is 173 Å². The van der Waals surface area contributed by atoms with Crippen molar-refractivity contribution in [3.05, 3.63) is 58.3 Å². The van der Waals surface area contributed by atoms with Gasteiger partial charge in [-0.05, 0) is 36.6 Å². The second kappa shape index (κ2) is 7.84. The van der Waals surface area contributed by atoms with Crippen LogP contribution in [0.5, 0.6) is 5.75 Å². The van der Waals surface area contributed by atoms with E-state index in [-0.39, 0.29) is 47.7 Å². The lowest BCUT2D eigenvalue weighted by atomic mass is 9.84. The van der Waals surface area contributed by atoms with Gasteiger partial charge >= 0.3 is 0 Å². The number of pyridine rings is 1. The minimum absolute atomic E-state index is 0.0196. The van der Waals surface area contributed by atoms with Crippen molar-refractivity contribution in [1.82, 2.24) is 14.2 Å². The van der Waals surface area contributed by atoms with E-state index in [2.05, 4.69) is 5.32 Å². The number of piperidine rings is 1. The zero-order chi connectivity index (χ0) is 21.5. The number of fused-ring (bicyclic) bond motifs is 4. The van der Waals surface area contributed by atoms with Crippen LogP contribution in [0.1, 0.15) is 18.0 Å². The molecule has 30 heavy (non-hydrogen) atoms. The molecule has 0 radical (unpaired) electrons. The summed E-state index contributed by atoms with van der Waals surface area (Å²) in [5, 5.41) is 2.35. The predicted octanol–water partition coefficient (Wildman–Crippen LogP) is 0.920. The van der Waals surface area contributed by atoms with Crippen LogP contribution in [-0.2, 0) is 21.4 Å². The molecule has 0 spiro atoms. The summed E-state index contributed by atoms with van der Waals surface area (Å²) in [5.41, 5.74) is 0.760. The van der Waals surface area contributed by atoms with E-state index in [9.17, 15) is 22.4 Å². The van der Waals surface area contributed by atoms with Gasteiger partial charge in [-0.25, -0.2) is 12.8 Å². The number of hydrogen-bond donors (Lipinski definition) is 1. The van der Waals surface area contributed by atoms with E-state index < -0.39 is 21.7 Å². The van der Waals surface area contributed by atoms with Crippen LogP contribution >= 0.6 is 0 Å². The van der Waals surface area contributed by atoms with Crippen LogP contribution in [0.2, 0.25) is 0 Å². The second-order valence-electron chi connectivity index (χ2n) is 7.57. The molecule has 0 saturated carbocycles. The third kappa shape index (κ3) is 3.72. The van der Waals surface area contributed by atoms with E-state index in [1.807, 2.05) is 6.07 Å². The molecular formula is C20H22FN3O5S. The number of likely N-dealkylation sites (N-methyl/N-ethyl adjacent to an activating group) is 1. The number of amides is 1. The molecule has 0 aliphatic carbocycles. The molecule has 2 atom stereocenters. The number of hydrogen-bond acceptors (Lipinski definition) is 5. The first kappa shape index (κ1) is 20.5. The average Bonchev–Trinajstić information content (AvgIpc) is 2.73. The number of benzene rings is 1. The smallest absolute Gasteiger partial charge is 0.257 e. The van der Waals surface area contributed by atoms with Crippen molar-refractivity contribution < 1.29 is 22.3 Å². The van der Waals surface area contributed by atoms with Gasteiger partial charge in [-0.15, -0.1) is 0 Å². The molecule has 4 rings (SSSR count). The Hall–Kier alpha value is -2.72. The van der Waals surface area contributed by atoms with Gasteiger partial charge in [0.2, 0.25) is 10.0 Å². The Kier molecular flexibility index (Phi) is 5.37. The highest BCUT2D eigenvalue weighted by Gasteiger charge is 2.39. The van der Waals surface area contributed by atoms with Crippen molar-refractivity contribution in [2.24, 2.45) is 5.92 Å². The van der Waals surface area contributed by atoms with E-state index in [4.69, 9.17) is 4.74 Å². The molecule has 1 amide bonds. The van der Waals surface area contributed by atoms with Gasteiger partial charge in [-0.3, -0.25) is 9.59 Å². The lowest BCUT2D eigenvalue weighted by Gasteiger charge is -2.42. The number of sulfonamides is 1. The first-order valence-corrected chi connectivity index (χ1v) is 11.1. The molecule has 160 valence electrons. The van der Waals surface area contributed by atoms with Gasteiger partial charge in [0.05, 0.1) is 4.90 Å². The maximum Gasteiger partial charge on any atom is 0.257 e. The Balaban J connectivity index is 1.57. The summed E-state index contributed by atoms with van der Waals surface area (Å²) in [4.78, 5) is 23.2. The van der Waals surface area contributed by atoms with Crippen molar-refractivity contribution in [3.8, 4) is 5.75 Å². The fourth-order valence-electron chi connectivity index (χ4n) is 4.17. The summed E-state index contributed by atoms with van der Waals surface area (Å²) in [6.45, 7) is 0.612. The zero-order valence-corrected chi connectivity index (χ0v) is 17.2. The van der Waals surface area contributed by atoms with Crippen molar-refractivity contribution >= 4 is 15.9 Å². The number of aromatic nitrogens is 1. The Morgan fingerprint density at radius 3 is 2.77 bits per heavy atom. The molecule has 2 unspecified atom stereocenters. The minimum atomic E-state index is -3.92. The number of rotatable bonds is 5. The lowest BCUT2D eigenvalue weighted by molar-refractivity contribution is -0.122. The van der Waals surface area contributed by atoms with E-state index in [1.54, 1.807) is 10.6 Å². The average molecular weight is 435 g/mol. The Bertz CT molecular complexity index is 1150. The van der Waals surface area contributed by atoms with Crippen LogP contribution < -0.4 is 15.6 Å². The summed E-state index contributed by atoms with van der Waals surface area (Å²) in [7, 11) is -2.49. The van der Waals surface area contributed by atoms with E-state index >= 15 is 0 Å². The van der Waals surface area contributed by atoms with Crippen LogP contribution in [0.15, 0.2) is 46.1 Å². The molecule has 2 bridgehead atoms. The quantitative estimate of drug-likeness (QED) is 0.753. The lowest BCUT2D eigenvalue weighted by Crippen LogP contribution is -2.49. The molecular weight excluding hydrogens is 413 g/mol. The highest BCUT2D eigenvalue weighted by Crippen LogP contribution is 2.37. The number of halogens is 1. The summed E-state index contributed by atoms with van der Waals surface area (Å²) in [5.74, 6) is -1.53. The SMILES string of the molecule is CNC(=O)COc1ccc(S(=O)(=O)N2CC3CC(C2)c2cccc(=O)n2C3)cc1F. The van der Waals surface area contributed by atoms with Crippen molar-refractivity contribution in [2.75, 3.05) is 26.7 Å². The fraction of sp³-hybridized carbons (Fsp3) is 0.400. The van der Waals surface area contributed by atoms with Crippen molar-refractivity contribution in [2.45, 2.75) is 23.8 Å². The summed E-state index contributed by atoms with van der Waals surface area (Å²) < 4.78 is 48.9. The van der Waals surface area contributed by atoms with Gasteiger partial charge in [-0.1, -0.05) is 6.07 Å². The van der Waals surface area contributed by atoms with Crippen LogP contribution in [0, 0.1) is 11.7 Å². The number of carbonyl (C=O) groups excluding carboxylic acids is 1. The second-order valence-corrected chi connectivity index (χ2v) is 9.51. The summed E-state index contributed by atoms with van der Waals surface area (Å²) >= 11 is 0. The fourth-order valence-corrected chi connectivity index (χ4v) is 5.75. The third-order valence-electron chi connectivity index (χ3n) is 5.62. The van der Waals surface area contributed by atoms with Crippen molar-refractivity contribution in [3.63, 3.8) is 0 Å². The maximum absolute atomic E-state index is 14.4. The summed E-state index contributed by atoms with van der Waals surface area (Å²) in [6.07, 6.45) is 0.816. The molecule has 3 heterocycles. The molecule has 10 heteroatoms. The highest BCUT2D eigenvalue weighted by molar-refractivity contribution is 7.89. The number of carbonyl (C=O) groups is 1. The van der Waals surface area contributed by atoms with Crippen LogP contribution in [-0.4, -0.2) is 49.9 Å². The minimum Gasteiger partial charge on any atom is -0.481 e. The van der Waals surface area contributed by atoms with E-state index in [0.29, 0.717) is 6.54 Å². The van der Waals surface area contributed by atoms with Gasteiger partial charge in [0.25, 0.3) is 11.5 Å². The van der Waals surface area contributed by atoms with Gasteiger partial charge < -0.3 is 14.6 Å². The normalized spacial score (nSPS) is 21.0. The van der Waals surface area contributed by atoms with Gasteiger partial charge in [0.15, 0.2) is 18.2 Å². The molecule has 8 nitrogen and oxygen atoms in total. The van der Waals surface area contributed by atoms with Gasteiger partial charge in [0.1, 0.15) is 0 Å². The number of nitrogens with one attached hydrogen (secondary N) is 1. The molecule has 2 aromatic rings. The largest absolute Gasteiger partial charge is 0.481 e. The topological polar surface area (TPSA) is 97.7 Å². The van der Waals surface area contributed by atoms with Crippen LogP contribution in [0.4, 0.5) is 4.39 Å². The Morgan fingerprint density at radius 2 is 2.03 bits per heavy atom. The molecule has 2 aliphatic heterocycles. The number of nitrogens with zero attached hydrogens (tertiary/aromatic N) is 2. The van der Waals surface area contributed by atoms with Crippen LogP contribution in [0.3, 0.4) is 0 Å². The highest BCUT2D eigenvalue weighted by atomic mass is 32.2. The van der Waals surface area contributed by atoms with Gasteiger partial charge in [-0.2, -0.15) is 4.31 Å². The maximum atomic E-state index is 14.4. The molecule has 1 N–H and O–H groups in total.